The maximum absolute atomic E-state index is 12.9. The van der Waals surface area contributed by atoms with Gasteiger partial charge in [0.1, 0.15) is 17.2 Å². The Balaban J connectivity index is 1.99. The molecule has 9 heteroatoms. The number of hydrogen-bond donors (Lipinski definition) is 2. The predicted octanol–water partition coefficient (Wildman–Crippen LogP) is 3.65. The number of hydrogen-bond acceptors (Lipinski definition) is 7. The number of nitrogens with zero attached hydrogens (tertiary/aromatic N) is 3. The Morgan fingerprint density at radius 2 is 1.56 bits per heavy atom. The summed E-state index contributed by atoms with van der Waals surface area (Å²) in [7, 11) is 4.65. The van der Waals surface area contributed by atoms with E-state index in [4.69, 9.17) is 14.2 Å². The van der Waals surface area contributed by atoms with Crippen molar-refractivity contribution < 1.29 is 19.0 Å². The van der Waals surface area contributed by atoms with Gasteiger partial charge >= 0.3 is 0 Å². The van der Waals surface area contributed by atoms with Crippen LogP contribution in [0.15, 0.2) is 53.5 Å². The number of rotatable bonds is 6. The molecule has 1 heterocycles. The van der Waals surface area contributed by atoms with Crippen molar-refractivity contribution in [3.63, 3.8) is 0 Å². The van der Waals surface area contributed by atoms with Gasteiger partial charge in [-0.3, -0.25) is 10.1 Å². The van der Waals surface area contributed by atoms with E-state index in [1.807, 2.05) is 19.9 Å². The van der Waals surface area contributed by atoms with Gasteiger partial charge in [-0.2, -0.15) is 4.99 Å². The van der Waals surface area contributed by atoms with Crippen LogP contribution in [0.1, 0.15) is 21.7 Å². The van der Waals surface area contributed by atoms with Crippen molar-refractivity contribution in [3.8, 4) is 17.2 Å². The highest BCUT2D eigenvalue weighted by atomic mass is 16.5. The van der Waals surface area contributed by atoms with E-state index in [2.05, 4.69) is 25.6 Å². The number of aliphatic imine (C=N–C) groups is 1. The van der Waals surface area contributed by atoms with E-state index >= 15 is 0 Å². The fraction of sp³-hybridized carbons (Fsp3) is 0.217. The molecule has 0 fully saturated rings. The van der Waals surface area contributed by atoms with Crippen LogP contribution in [0.4, 0.5) is 11.6 Å². The number of ether oxygens (including phenoxy) is 3. The van der Waals surface area contributed by atoms with Gasteiger partial charge in [-0.15, -0.1) is 0 Å². The van der Waals surface area contributed by atoms with Gasteiger partial charge in [0, 0.05) is 23.0 Å². The molecule has 0 saturated heterocycles. The first-order valence-electron chi connectivity index (χ1n) is 9.77. The molecule has 1 amide bonds. The molecule has 0 aliphatic rings. The van der Waals surface area contributed by atoms with E-state index in [1.165, 1.54) is 7.11 Å². The number of carbonyl (C=O) groups excluding carboxylic acids is 1. The Morgan fingerprint density at radius 3 is 2.22 bits per heavy atom. The first-order chi connectivity index (χ1) is 15.4. The molecule has 9 nitrogen and oxygen atoms in total. The van der Waals surface area contributed by atoms with Crippen LogP contribution in [-0.2, 0) is 0 Å². The minimum atomic E-state index is -0.388. The van der Waals surface area contributed by atoms with Crippen LogP contribution in [-0.4, -0.2) is 43.2 Å². The van der Waals surface area contributed by atoms with Gasteiger partial charge < -0.3 is 19.5 Å². The van der Waals surface area contributed by atoms with Crippen LogP contribution in [0.25, 0.3) is 0 Å². The summed E-state index contributed by atoms with van der Waals surface area (Å²) in [6.07, 6.45) is 0. The standard InChI is InChI=1S/C23H25N5O4/c1-14-11-15(2)25-22(24-14)28-23(26-19-13-18(31-4)9-10-20(19)32-5)27-21(29)16-7-6-8-17(12-16)30-3/h6-13H,1-5H3,(H2,24,25,26,27,28,29). The maximum Gasteiger partial charge on any atom is 0.258 e. The lowest BCUT2D eigenvalue weighted by Crippen LogP contribution is -2.36. The first kappa shape index (κ1) is 22.5. The van der Waals surface area contributed by atoms with E-state index < -0.39 is 0 Å². The molecule has 3 aromatic rings. The minimum absolute atomic E-state index is 0.120. The highest BCUT2D eigenvalue weighted by Crippen LogP contribution is 2.29. The third kappa shape index (κ3) is 5.72. The molecule has 0 aliphatic heterocycles. The normalized spacial score (nSPS) is 11.0. The van der Waals surface area contributed by atoms with Gasteiger partial charge in [-0.05, 0) is 50.2 Å². The molecule has 0 unspecified atom stereocenters. The van der Waals surface area contributed by atoms with Crippen molar-refractivity contribution in [3.05, 3.63) is 65.5 Å². The van der Waals surface area contributed by atoms with E-state index in [0.29, 0.717) is 28.5 Å². The van der Waals surface area contributed by atoms with E-state index in [-0.39, 0.29) is 17.8 Å². The summed E-state index contributed by atoms with van der Waals surface area (Å²) in [4.78, 5) is 26.0. The number of carbonyl (C=O) groups is 1. The molecule has 2 N–H and O–H groups in total. The Morgan fingerprint density at radius 1 is 0.875 bits per heavy atom. The summed E-state index contributed by atoms with van der Waals surface area (Å²) < 4.78 is 15.9. The number of anilines is 1. The van der Waals surface area contributed by atoms with Gasteiger partial charge in [0.05, 0.1) is 27.0 Å². The summed E-state index contributed by atoms with van der Waals surface area (Å²) in [6, 6.07) is 13.9. The monoisotopic (exact) mass is 435 g/mol. The molecule has 2 aromatic carbocycles. The number of amides is 1. The molecule has 0 aliphatic carbocycles. The second-order valence-electron chi connectivity index (χ2n) is 6.79. The number of aromatic nitrogens is 2. The number of aryl methyl sites for hydroxylation is 2. The molecule has 166 valence electrons. The van der Waals surface area contributed by atoms with Crippen molar-refractivity contribution in [2.75, 3.05) is 26.6 Å². The second kappa shape index (κ2) is 10.3. The smallest absolute Gasteiger partial charge is 0.258 e. The van der Waals surface area contributed by atoms with Gasteiger partial charge in [0.2, 0.25) is 5.96 Å². The molecule has 0 radical (unpaired) electrons. The lowest BCUT2D eigenvalue weighted by molar-refractivity contribution is 0.0976. The zero-order chi connectivity index (χ0) is 23.1. The molecule has 0 atom stereocenters. The average Bonchev–Trinajstić information content (AvgIpc) is 2.78. The SMILES string of the molecule is COc1cccc(C(=O)N/C(=N/c2nc(C)cc(C)n2)Nc2cc(OC)ccc2OC)c1. The maximum atomic E-state index is 12.9. The number of benzene rings is 2. The number of methoxy groups -OCH3 is 3. The third-order valence-electron chi connectivity index (χ3n) is 4.41. The van der Waals surface area contributed by atoms with Crippen molar-refractivity contribution in [1.82, 2.24) is 15.3 Å². The molecule has 0 saturated carbocycles. The summed E-state index contributed by atoms with van der Waals surface area (Å²) in [5.41, 5.74) is 2.46. The van der Waals surface area contributed by atoms with Crippen LogP contribution < -0.4 is 24.8 Å². The van der Waals surface area contributed by atoms with Crippen molar-refractivity contribution in [2.24, 2.45) is 4.99 Å². The zero-order valence-electron chi connectivity index (χ0n) is 18.6. The van der Waals surface area contributed by atoms with Crippen LogP contribution in [0, 0.1) is 13.8 Å². The predicted molar refractivity (Wildman–Crippen MR) is 122 cm³/mol. The third-order valence-corrected chi connectivity index (χ3v) is 4.41. The van der Waals surface area contributed by atoms with Crippen molar-refractivity contribution in [1.29, 1.82) is 0 Å². The molecular formula is C23H25N5O4. The fourth-order valence-electron chi connectivity index (χ4n) is 2.93. The summed E-state index contributed by atoms with van der Waals surface area (Å²) in [5, 5.41) is 5.87. The topological polar surface area (TPSA) is 107 Å². The summed E-state index contributed by atoms with van der Waals surface area (Å²) in [5.74, 6) is 1.65. The fourth-order valence-corrected chi connectivity index (χ4v) is 2.93. The number of guanidine groups is 1. The van der Waals surface area contributed by atoms with Crippen molar-refractivity contribution >= 4 is 23.5 Å². The zero-order valence-corrected chi connectivity index (χ0v) is 18.6. The molecule has 3 rings (SSSR count). The Kier molecular flexibility index (Phi) is 7.22. The first-order valence-corrected chi connectivity index (χ1v) is 9.77. The van der Waals surface area contributed by atoms with E-state index in [0.717, 1.165) is 11.4 Å². The molecular weight excluding hydrogens is 410 g/mol. The van der Waals surface area contributed by atoms with Crippen LogP contribution in [0.3, 0.4) is 0 Å². The summed E-state index contributed by atoms with van der Waals surface area (Å²) >= 11 is 0. The van der Waals surface area contributed by atoms with Crippen LogP contribution in [0.2, 0.25) is 0 Å². The molecule has 32 heavy (non-hydrogen) atoms. The van der Waals surface area contributed by atoms with Gasteiger partial charge in [0.15, 0.2) is 0 Å². The average molecular weight is 435 g/mol. The Bertz CT molecular complexity index is 1130. The highest BCUT2D eigenvalue weighted by molar-refractivity contribution is 6.11. The Hall–Kier alpha value is -4.14. The minimum Gasteiger partial charge on any atom is -0.497 e. The van der Waals surface area contributed by atoms with Gasteiger partial charge in [-0.1, -0.05) is 6.07 Å². The molecule has 0 spiro atoms. The van der Waals surface area contributed by atoms with Crippen molar-refractivity contribution in [2.45, 2.75) is 13.8 Å². The summed E-state index contributed by atoms with van der Waals surface area (Å²) in [6.45, 7) is 3.70. The van der Waals surface area contributed by atoms with Gasteiger partial charge in [-0.25, -0.2) is 9.97 Å². The largest absolute Gasteiger partial charge is 0.497 e. The highest BCUT2D eigenvalue weighted by Gasteiger charge is 2.14. The van der Waals surface area contributed by atoms with E-state index in [9.17, 15) is 4.79 Å². The quantitative estimate of drug-likeness (QED) is 0.450. The van der Waals surface area contributed by atoms with Crippen LogP contribution in [0.5, 0.6) is 17.2 Å². The van der Waals surface area contributed by atoms with E-state index in [1.54, 1.807) is 56.7 Å². The van der Waals surface area contributed by atoms with Gasteiger partial charge in [0.25, 0.3) is 11.9 Å². The lowest BCUT2D eigenvalue weighted by atomic mass is 10.2. The molecule has 1 aromatic heterocycles. The van der Waals surface area contributed by atoms with Crippen LogP contribution >= 0.6 is 0 Å². The molecule has 0 bridgehead atoms. The Labute approximate surface area is 186 Å². The second-order valence-corrected chi connectivity index (χ2v) is 6.79. The number of nitrogens with one attached hydrogen (secondary N) is 2. The lowest BCUT2D eigenvalue weighted by Gasteiger charge is -2.15.